The van der Waals surface area contributed by atoms with E-state index >= 15 is 0 Å². The monoisotopic (exact) mass is 455 g/mol. The van der Waals surface area contributed by atoms with E-state index in [1.54, 1.807) is 12.1 Å². The Labute approximate surface area is 199 Å². The summed E-state index contributed by atoms with van der Waals surface area (Å²) in [4.78, 5) is 4.80. The van der Waals surface area contributed by atoms with Gasteiger partial charge in [-0.25, -0.2) is 9.07 Å². The summed E-state index contributed by atoms with van der Waals surface area (Å²) in [6, 6.07) is 16.9. The number of halogens is 1. The summed E-state index contributed by atoms with van der Waals surface area (Å²) < 4.78 is 15.4. The summed E-state index contributed by atoms with van der Waals surface area (Å²) in [7, 11) is 0. The second-order valence-corrected chi connectivity index (χ2v) is 10.5. The average Bonchev–Trinajstić information content (AvgIpc) is 3.58. The minimum Gasteiger partial charge on any atom is -0.390 e. The van der Waals surface area contributed by atoms with E-state index in [9.17, 15) is 9.50 Å². The number of aliphatic hydroxyl groups is 1. The van der Waals surface area contributed by atoms with Gasteiger partial charge in [-0.05, 0) is 86.7 Å². The zero-order valence-corrected chi connectivity index (χ0v) is 19.5. The Hall–Kier alpha value is -3.05. The second-order valence-electron chi connectivity index (χ2n) is 10.5. The first-order valence-electron chi connectivity index (χ1n) is 12.2. The van der Waals surface area contributed by atoms with Gasteiger partial charge < -0.3 is 5.11 Å². The Kier molecular flexibility index (Phi) is 4.72. The third-order valence-corrected chi connectivity index (χ3v) is 8.88. The molecule has 5 heteroatoms. The highest BCUT2D eigenvalue weighted by atomic mass is 19.1. The van der Waals surface area contributed by atoms with Gasteiger partial charge in [0.1, 0.15) is 5.82 Å². The van der Waals surface area contributed by atoms with Gasteiger partial charge in [0.15, 0.2) is 0 Å². The van der Waals surface area contributed by atoms with Crippen molar-refractivity contribution in [2.24, 2.45) is 10.4 Å². The lowest BCUT2D eigenvalue weighted by molar-refractivity contribution is -0.0250. The standard InChI is InChI=1S/C29H30FN3O/c1-27-18-20-19-32-33(24-12-10-23(30)11-13-24)25(20)17-22(27)9-6-14-29(27,31-2)26(34)28(15-16-28)21-7-4-3-5-8-21/h3-5,7-8,10-13,17,19,26,34H,2,6,9,14-16,18H2,1H3/t26-,27-,29-/m0/s1. The number of nitrogens with zero attached hydrogens (tertiary/aromatic N) is 3. The number of hydrogen-bond acceptors (Lipinski definition) is 3. The molecule has 6 rings (SSSR count). The predicted octanol–water partition coefficient (Wildman–Crippen LogP) is 5.67. The van der Waals surface area contributed by atoms with Gasteiger partial charge in [-0.2, -0.15) is 5.10 Å². The van der Waals surface area contributed by atoms with Crippen LogP contribution in [0, 0.1) is 11.2 Å². The molecule has 2 saturated carbocycles. The summed E-state index contributed by atoms with van der Waals surface area (Å²) in [5.74, 6) is -0.258. The normalized spacial score (nSPS) is 27.8. The van der Waals surface area contributed by atoms with Crippen LogP contribution in [0.3, 0.4) is 0 Å². The van der Waals surface area contributed by atoms with Crippen molar-refractivity contribution in [3.8, 4) is 5.69 Å². The molecule has 0 amide bonds. The van der Waals surface area contributed by atoms with Crippen molar-refractivity contribution in [1.29, 1.82) is 0 Å². The SMILES string of the molecule is C=N[C@]1([C@@H](O)C2(c3ccccc3)CC2)CCCC2=Cc3c(cnn3-c3ccc(F)cc3)C[C@@]21C. The molecule has 3 aromatic rings. The quantitative estimate of drug-likeness (QED) is 0.504. The topological polar surface area (TPSA) is 50.4 Å². The van der Waals surface area contributed by atoms with Crippen molar-refractivity contribution in [2.75, 3.05) is 0 Å². The van der Waals surface area contributed by atoms with Crippen molar-refractivity contribution in [3.63, 3.8) is 0 Å². The van der Waals surface area contributed by atoms with Crippen molar-refractivity contribution < 1.29 is 9.50 Å². The van der Waals surface area contributed by atoms with E-state index in [0.29, 0.717) is 0 Å². The van der Waals surface area contributed by atoms with E-state index in [1.165, 1.54) is 23.3 Å². The lowest BCUT2D eigenvalue weighted by Crippen LogP contribution is -2.61. The van der Waals surface area contributed by atoms with Crippen LogP contribution in [0.5, 0.6) is 0 Å². The zero-order chi connectivity index (χ0) is 23.6. The number of aliphatic imine (C=N–C) groups is 1. The van der Waals surface area contributed by atoms with Crippen LogP contribution in [0.4, 0.5) is 4.39 Å². The molecule has 2 fully saturated rings. The van der Waals surface area contributed by atoms with E-state index in [1.807, 2.05) is 16.9 Å². The first-order valence-corrected chi connectivity index (χ1v) is 12.2. The molecule has 34 heavy (non-hydrogen) atoms. The van der Waals surface area contributed by atoms with E-state index in [2.05, 4.69) is 49.1 Å². The minimum absolute atomic E-state index is 0.257. The van der Waals surface area contributed by atoms with Crippen LogP contribution in [0.2, 0.25) is 0 Å². The molecule has 1 heterocycles. The molecule has 0 bridgehead atoms. The molecule has 0 aliphatic heterocycles. The number of benzene rings is 2. The largest absolute Gasteiger partial charge is 0.390 e. The van der Waals surface area contributed by atoms with Crippen LogP contribution in [-0.4, -0.2) is 33.2 Å². The smallest absolute Gasteiger partial charge is 0.123 e. The lowest BCUT2D eigenvalue weighted by atomic mass is 9.52. The molecule has 0 unspecified atom stereocenters. The van der Waals surface area contributed by atoms with Crippen LogP contribution in [0.25, 0.3) is 11.8 Å². The third kappa shape index (κ3) is 2.86. The molecule has 0 saturated heterocycles. The van der Waals surface area contributed by atoms with Crippen molar-refractivity contribution >= 4 is 12.8 Å². The number of hydrogen-bond donors (Lipinski definition) is 1. The van der Waals surface area contributed by atoms with Crippen LogP contribution in [0.15, 0.2) is 71.4 Å². The maximum Gasteiger partial charge on any atom is 0.123 e. The molecule has 3 aliphatic rings. The van der Waals surface area contributed by atoms with Gasteiger partial charge in [-0.3, -0.25) is 4.99 Å². The molecule has 1 N–H and O–H groups in total. The van der Waals surface area contributed by atoms with E-state index in [4.69, 9.17) is 4.99 Å². The Morgan fingerprint density at radius 2 is 1.82 bits per heavy atom. The third-order valence-electron chi connectivity index (χ3n) is 8.88. The van der Waals surface area contributed by atoms with Gasteiger partial charge in [0.05, 0.1) is 29.2 Å². The number of aromatic nitrogens is 2. The van der Waals surface area contributed by atoms with Crippen LogP contribution in [0.1, 0.15) is 55.8 Å². The number of aliphatic hydroxyl groups excluding tert-OH is 1. The van der Waals surface area contributed by atoms with Crippen molar-refractivity contribution in [3.05, 3.63) is 89.0 Å². The van der Waals surface area contributed by atoms with Gasteiger partial charge in [-0.15, -0.1) is 0 Å². The Morgan fingerprint density at radius 1 is 1.09 bits per heavy atom. The minimum atomic E-state index is -0.668. The maximum absolute atomic E-state index is 13.5. The molecular weight excluding hydrogens is 425 g/mol. The molecule has 2 aromatic carbocycles. The van der Waals surface area contributed by atoms with Crippen LogP contribution >= 0.6 is 0 Å². The van der Waals surface area contributed by atoms with Crippen molar-refractivity contribution in [1.82, 2.24) is 9.78 Å². The van der Waals surface area contributed by atoms with Gasteiger partial charge in [0.25, 0.3) is 0 Å². The molecule has 3 aliphatic carbocycles. The van der Waals surface area contributed by atoms with Crippen molar-refractivity contribution in [2.45, 2.75) is 62.5 Å². The number of fused-ring (bicyclic) bond motifs is 2. The Balaban J connectivity index is 1.43. The van der Waals surface area contributed by atoms with Gasteiger partial charge in [0.2, 0.25) is 0 Å². The fourth-order valence-corrected chi connectivity index (χ4v) is 6.75. The summed E-state index contributed by atoms with van der Waals surface area (Å²) in [6.45, 7) is 6.33. The van der Waals surface area contributed by atoms with Crippen LogP contribution < -0.4 is 0 Å². The Bertz CT molecular complexity index is 1270. The molecule has 4 nitrogen and oxygen atoms in total. The zero-order valence-electron chi connectivity index (χ0n) is 19.5. The summed E-state index contributed by atoms with van der Waals surface area (Å²) >= 11 is 0. The van der Waals surface area contributed by atoms with Gasteiger partial charge >= 0.3 is 0 Å². The fraction of sp³-hybridized carbons (Fsp3) is 0.379. The average molecular weight is 456 g/mol. The summed E-state index contributed by atoms with van der Waals surface area (Å²) in [5, 5.41) is 16.8. The van der Waals surface area contributed by atoms with E-state index in [-0.39, 0.29) is 16.6 Å². The van der Waals surface area contributed by atoms with E-state index in [0.717, 1.165) is 55.5 Å². The lowest BCUT2D eigenvalue weighted by Gasteiger charge is -2.56. The fourth-order valence-electron chi connectivity index (χ4n) is 6.75. The highest BCUT2D eigenvalue weighted by Gasteiger charge is 2.65. The highest BCUT2D eigenvalue weighted by molar-refractivity contribution is 5.63. The van der Waals surface area contributed by atoms with E-state index < -0.39 is 11.6 Å². The molecule has 0 radical (unpaired) electrons. The molecule has 174 valence electrons. The van der Waals surface area contributed by atoms with Crippen LogP contribution in [-0.2, 0) is 11.8 Å². The first kappa shape index (κ1) is 21.5. The predicted molar refractivity (Wildman–Crippen MR) is 133 cm³/mol. The molecule has 1 aromatic heterocycles. The molecule has 3 atom stereocenters. The van der Waals surface area contributed by atoms with Gasteiger partial charge in [0, 0.05) is 10.8 Å². The molecule has 0 spiro atoms. The first-order chi connectivity index (χ1) is 16.4. The second kappa shape index (κ2) is 7.47. The number of rotatable bonds is 5. The summed E-state index contributed by atoms with van der Waals surface area (Å²) in [6.07, 6.45) is 8.98. The Morgan fingerprint density at radius 3 is 2.50 bits per heavy atom. The molecular formula is C29H30FN3O. The van der Waals surface area contributed by atoms with Gasteiger partial charge in [-0.1, -0.05) is 42.8 Å². The maximum atomic E-state index is 13.5. The summed E-state index contributed by atoms with van der Waals surface area (Å²) in [5.41, 5.74) is 4.23. The highest BCUT2D eigenvalue weighted by Crippen LogP contribution is 2.63.